The molecular weight excluding hydrogens is 362 g/mol. The minimum Gasteiger partial charge on any atom is -0.484 e. The fraction of sp³-hybridized carbons (Fsp3) is 0.250. The fourth-order valence-electron chi connectivity index (χ4n) is 2.99. The van der Waals surface area contributed by atoms with Crippen LogP contribution >= 0.6 is 11.3 Å². The molecule has 0 aliphatic carbocycles. The molecule has 0 saturated heterocycles. The highest BCUT2D eigenvalue weighted by atomic mass is 32.1. The van der Waals surface area contributed by atoms with E-state index in [1.165, 1.54) is 0 Å². The van der Waals surface area contributed by atoms with Crippen LogP contribution in [0.25, 0.3) is 10.2 Å². The summed E-state index contributed by atoms with van der Waals surface area (Å²) in [4.78, 5) is 27.9. The summed E-state index contributed by atoms with van der Waals surface area (Å²) in [5.74, 6) is 0.497. The highest BCUT2D eigenvalue weighted by molar-refractivity contribution is 7.18. The van der Waals surface area contributed by atoms with Crippen molar-refractivity contribution in [3.63, 3.8) is 0 Å². The molecule has 1 aliphatic rings. The van der Waals surface area contributed by atoms with Gasteiger partial charge in [-0.1, -0.05) is 12.1 Å². The van der Waals surface area contributed by atoms with Crippen molar-refractivity contribution in [1.29, 1.82) is 0 Å². The van der Waals surface area contributed by atoms with Crippen molar-refractivity contribution in [3.05, 3.63) is 53.0 Å². The number of hydrogen-bond donors (Lipinski definition) is 2. The van der Waals surface area contributed by atoms with E-state index < -0.39 is 0 Å². The molecule has 7 heteroatoms. The normalized spacial score (nSPS) is 13.1. The van der Waals surface area contributed by atoms with Crippen molar-refractivity contribution in [2.45, 2.75) is 19.3 Å². The van der Waals surface area contributed by atoms with Crippen LogP contribution in [0.15, 0.2) is 42.5 Å². The van der Waals surface area contributed by atoms with Crippen LogP contribution in [0.3, 0.4) is 0 Å². The molecule has 27 heavy (non-hydrogen) atoms. The number of benzene rings is 2. The Morgan fingerprint density at radius 2 is 2.11 bits per heavy atom. The van der Waals surface area contributed by atoms with Crippen LogP contribution in [-0.2, 0) is 22.4 Å². The lowest BCUT2D eigenvalue weighted by Gasteiger charge is -2.17. The van der Waals surface area contributed by atoms with Gasteiger partial charge in [0.05, 0.1) is 15.2 Å². The van der Waals surface area contributed by atoms with Gasteiger partial charge >= 0.3 is 0 Å². The van der Waals surface area contributed by atoms with Crippen LogP contribution in [0.2, 0.25) is 0 Å². The molecule has 2 heterocycles. The summed E-state index contributed by atoms with van der Waals surface area (Å²) in [6, 6.07) is 13.5. The van der Waals surface area contributed by atoms with Gasteiger partial charge in [0.2, 0.25) is 5.91 Å². The number of carbonyl (C=O) groups is 2. The standard InChI is InChI=1S/C20H19N3O3S/c24-18-8-5-13-11-14(6-7-15(13)22-18)26-12-19(25)21-10-9-20-23-16-3-1-2-4-17(16)27-20/h1-4,6-7,11H,5,8-10,12H2,(H,21,25)(H,22,24). The lowest BCUT2D eigenvalue weighted by atomic mass is 10.0. The summed E-state index contributed by atoms with van der Waals surface area (Å²) in [6.07, 6.45) is 1.86. The molecule has 0 radical (unpaired) electrons. The van der Waals surface area contributed by atoms with Crippen molar-refractivity contribution in [3.8, 4) is 5.75 Å². The van der Waals surface area contributed by atoms with E-state index >= 15 is 0 Å². The first kappa shape index (κ1) is 17.5. The van der Waals surface area contributed by atoms with E-state index in [0.29, 0.717) is 31.6 Å². The number of ether oxygens (including phenoxy) is 1. The zero-order chi connectivity index (χ0) is 18.6. The monoisotopic (exact) mass is 381 g/mol. The molecule has 1 aliphatic heterocycles. The Kier molecular flexibility index (Phi) is 5.02. The fourth-order valence-corrected chi connectivity index (χ4v) is 3.95. The minimum atomic E-state index is -0.165. The molecule has 0 fully saturated rings. The molecule has 0 bridgehead atoms. The van der Waals surface area contributed by atoms with Crippen molar-refractivity contribution >= 4 is 39.1 Å². The number of fused-ring (bicyclic) bond motifs is 2. The number of nitrogens with zero attached hydrogens (tertiary/aromatic N) is 1. The van der Waals surface area contributed by atoms with E-state index in [2.05, 4.69) is 15.6 Å². The topological polar surface area (TPSA) is 80.3 Å². The summed E-state index contributed by atoms with van der Waals surface area (Å²) >= 11 is 1.65. The Hall–Kier alpha value is -2.93. The summed E-state index contributed by atoms with van der Waals surface area (Å²) in [7, 11) is 0. The number of thiazole rings is 1. The summed E-state index contributed by atoms with van der Waals surface area (Å²) < 4.78 is 6.73. The lowest BCUT2D eigenvalue weighted by molar-refractivity contribution is -0.123. The number of anilines is 1. The Labute approximate surface area is 160 Å². The highest BCUT2D eigenvalue weighted by Gasteiger charge is 2.15. The number of para-hydroxylation sites is 1. The van der Waals surface area contributed by atoms with E-state index in [4.69, 9.17) is 4.74 Å². The Bertz CT molecular complexity index is 966. The number of carbonyl (C=O) groups excluding carboxylic acids is 2. The molecule has 2 N–H and O–H groups in total. The van der Waals surface area contributed by atoms with Crippen molar-refractivity contribution < 1.29 is 14.3 Å². The second-order valence-corrected chi connectivity index (χ2v) is 7.45. The van der Waals surface area contributed by atoms with Crippen molar-refractivity contribution in [1.82, 2.24) is 10.3 Å². The first-order valence-electron chi connectivity index (χ1n) is 8.84. The van der Waals surface area contributed by atoms with Crippen LogP contribution in [0.1, 0.15) is 17.0 Å². The second-order valence-electron chi connectivity index (χ2n) is 6.33. The molecule has 2 amide bonds. The smallest absolute Gasteiger partial charge is 0.257 e. The van der Waals surface area contributed by atoms with Gasteiger partial charge in [-0.2, -0.15) is 0 Å². The van der Waals surface area contributed by atoms with Gasteiger partial charge in [-0.25, -0.2) is 4.98 Å². The van der Waals surface area contributed by atoms with Gasteiger partial charge in [-0.3, -0.25) is 9.59 Å². The number of amides is 2. The molecule has 0 saturated carbocycles. The molecule has 3 aromatic rings. The zero-order valence-corrected chi connectivity index (χ0v) is 15.5. The maximum absolute atomic E-state index is 12.0. The van der Waals surface area contributed by atoms with E-state index in [1.54, 1.807) is 17.4 Å². The van der Waals surface area contributed by atoms with Gasteiger partial charge in [0.25, 0.3) is 5.91 Å². The third-order valence-corrected chi connectivity index (χ3v) is 5.44. The van der Waals surface area contributed by atoms with E-state index in [9.17, 15) is 9.59 Å². The van der Waals surface area contributed by atoms with Crippen molar-refractivity contribution in [2.75, 3.05) is 18.5 Å². The molecule has 138 valence electrons. The number of aromatic nitrogens is 1. The predicted molar refractivity (Wildman–Crippen MR) is 105 cm³/mol. The van der Waals surface area contributed by atoms with Crippen LogP contribution in [-0.4, -0.2) is 29.9 Å². The summed E-state index contributed by atoms with van der Waals surface area (Å²) in [5.41, 5.74) is 2.85. The lowest BCUT2D eigenvalue weighted by Crippen LogP contribution is -2.30. The quantitative estimate of drug-likeness (QED) is 0.688. The van der Waals surface area contributed by atoms with E-state index in [1.807, 2.05) is 36.4 Å². The third-order valence-electron chi connectivity index (χ3n) is 4.34. The maximum atomic E-state index is 12.0. The molecule has 0 spiro atoms. The van der Waals surface area contributed by atoms with E-state index in [-0.39, 0.29) is 18.4 Å². The second kappa shape index (κ2) is 7.75. The van der Waals surface area contributed by atoms with Gasteiger partial charge in [0.15, 0.2) is 6.61 Å². The van der Waals surface area contributed by atoms with Gasteiger partial charge < -0.3 is 15.4 Å². The summed E-state index contributed by atoms with van der Waals surface area (Å²) in [6.45, 7) is 0.489. The third kappa shape index (κ3) is 4.25. The SMILES string of the molecule is O=C(COc1ccc2c(c1)CCC(=O)N2)NCCc1nc2ccccc2s1. The Balaban J connectivity index is 1.24. The number of hydrogen-bond acceptors (Lipinski definition) is 5. The minimum absolute atomic E-state index is 0.0312. The highest BCUT2D eigenvalue weighted by Crippen LogP contribution is 2.26. The molecule has 0 unspecified atom stereocenters. The van der Waals surface area contributed by atoms with E-state index in [0.717, 1.165) is 26.5 Å². The van der Waals surface area contributed by atoms with Gasteiger partial charge in [0, 0.05) is 25.1 Å². The van der Waals surface area contributed by atoms with Crippen LogP contribution < -0.4 is 15.4 Å². The zero-order valence-electron chi connectivity index (χ0n) is 14.7. The van der Waals surface area contributed by atoms with Crippen molar-refractivity contribution in [2.24, 2.45) is 0 Å². The largest absolute Gasteiger partial charge is 0.484 e. The molecule has 4 rings (SSSR count). The molecule has 2 aromatic carbocycles. The van der Waals surface area contributed by atoms with Gasteiger partial charge in [-0.05, 0) is 42.3 Å². The van der Waals surface area contributed by atoms with Gasteiger partial charge in [0.1, 0.15) is 5.75 Å². The molecule has 6 nitrogen and oxygen atoms in total. The number of nitrogens with one attached hydrogen (secondary N) is 2. The average Bonchev–Trinajstić information content (AvgIpc) is 3.09. The van der Waals surface area contributed by atoms with Gasteiger partial charge in [-0.15, -0.1) is 11.3 Å². The number of aryl methyl sites for hydroxylation is 1. The predicted octanol–water partition coefficient (Wildman–Crippen LogP) is 2.92. The van der Waals surface area contributed by atoms with Crippen LogP contribution in [0.5, 0.6) is 5.75 Å². The molecular formula is C20H19N3O3S. The molecule has 0 atom stereocenters. The molecule has 1 aromatic heterocycles. The maximum Gasteiger partial charge on any atom is 0.257 e. The first-order valence-corrected chi connectivity index (χ1v) is 9.66. The average molecular weight is 381 g/mol. The first-order chi connectivity index (χ1) is 13.2. The van der Waals surface area contributed by atoms with Crippen LogP contribution in [0.4, 0.5) is 5.69 Å². The number of rotatable bonds is 6. The summed E-state index contributed by atoms with van der Waals surface area (Å²) in [5, 5.41) is 6.69. The van der Waals surface area contributed by atoms with Crippen LogP contribution in [0, 0.1) is 0 Å². The Morgan fingerprint density at radius 1 is 1.22 bits per heavy atom. The Morgan fingerprint density at radius 3 is 3.00 bits per heavy atom.